The SMILES string of the molecule is CCOC1(c2ccccc2)COC1. The Bertz CT molecular complexity index is 265. The number of benzene rings is 1. The van der Waals surface area contributed by atoms with Crippen molar-refractivity contribution in [3.05, 3.63) is 35.9 Å². The third kappa shape index (κ3) is 1.47. The van der Waals surface area contributed by atoms with Gasteiger partial charge in [0, 0.05) is 6.61 Å². The van der Waals surface area contributed by atoms with Crippen LogP contribution in [0.3, 0.4) is 0 Å². The van der Waals surface area contributed by atoms with E-state index in [9.17, 15) is 0 Å². The number of hydrogen-bond acceptors (Lipinski definition) is 2. The minimum Gasteiger partial charge on any atom is -0.375 e. The summed E-state index contributed by atoms with van der Waals surface area (Å²) in [6.45, 7) is 4.12. The molecule has 2 nitrogen and oxygen atoms in total. The molecule has 13 heavy (non-hydrogen) atoms. The summed E-state index contributed by atoms with van der Waals surface area (Å²) in [6, 6.07) is 10.3. The summed E-state index contributed by atoms with van der Waals surface area (Å²) in [7, 11) is 0. The molecule has 0 bridgehead atoms. The molecule has 2 rings (SSSR count). The summed E-state index contributed by atoms with van der Waals surface area (Å²) in [5, 5.41) is 0. The van der Waals surface area contributed by atoms with Gasteiger partial charge < -0.3 is 9.47 Å². The Morgan fingerprint density at radius 2 is 2.00 bits per heavy atom. The Morgan fingerprint density at radius 3 is 2.46 bits per heavy atom. The van der Waals surface area contributed by atoms with Crippen molar-refractivity contribution in [1.82, 2.24) is 0 Å². The number of ether oxygens (including phenoxy) is 2. The van der Waals surface area contributed by atoms with Gasteiger partial charge in [0.15, 0.2) is 0 Å². The second-order valence-corrected chi connectivity index (χ2v) is 3.29. The van der Waals surface area contributed by atoms with Crippen LogP contribution in [0.15, 0.2) is 30.3 Å². The van der Waals surface area contributed by atoms with Gasteiger partial charge in [0.05, 0.1) is 13.2 Å². The fraction of sp³-hybridized carbons (Fsp3) is 0.455. The molecule has 1 aliphatic heterocycles. The molecule has 0 unspecified atom stereocenters. The van der Waals surface area contributed by atoms with E-state index in [1.807, 2.05) is 25.1 Å². The molecular weight excluding hydrogens is 164 g/mol. The van der Waals surface area contributed by atoms with E-state index in [0.717, 1.165) is 6.61 Å². The highest BCUT2D eigenvalue weighted by Gasteiger charge is 2.40. The Hall–Kier alpha value is -0.860. The molecule has 1 fully saturated rings. The highest BCUT2D eigenvalue weighted by Crippen LogP contribution is 2.33. The van der Waals surface area contributed by atoms with Crippen molar-refractivity contribution >= 4 is 0 Å². The molecule has 70 valence electrons. The molecule has 0 N–H and O–H groups in total. The average molecular weight is 178 g/mol. The van der Waals surface area contributed by atoms with Crippen molar-refractivity contribution in [2.24, 2.45) is 0 Å². The van der Waals surface area contributed by atoms with E-state index in [1.165, 1.54) is 5.56 Å². The average Bonchev–Trinajstić information content (AvgIpc) is 2.13. The molecule has 0 aromatic heterocycles. The molecule has 0 aliphatic carbocycles. The van der Waals surface area contributed by atoms with E-state index in [1.54, 1.807) is 0 Å². The smallest absolute Gasteiger partial charge is 0.139 e. The van der Waals surface area contributed by atoms with Crippen LogP contribution < -0.4 is 0 Å². The van der Waals surface area contributed by atoms with Gasteiger partial charge in [0.25, 0.3) is 0 Å². The van der Waals surface area contributed by atoms with E-state index < -0.39 is 0 Å². The van der Waals surface area contributed by atoms with E-state index >= 15 is 0 Å². The fourth-order valence-electron chi connectivity index (χ4n) is 1.64. The third-order valence-corrected chi connectivity index (χ3v) is 2.39. The van der Waals surface area contributed by atoms with Crippen molar-refractivity contribution in [3.63, 3.8) is 0 Å². The van der Waals surface area contributed by atoms with Crippen LogP contribution in [0.2, 0.25) is 0 Å². The summed E-state index contributed by atoms with van der Waals surface area (Å²) in [5.74, 6) is 0. The van der Waals surface area contributed by atoms with E-state index in [4.69, 9.17) is 9.47 Å². The zero-order valence-electron chi connectivity index (χ0n) is 7.82. The van der Waals surface area contributed by atoms with Crippen molar-refractivity contribution < 1.29 is 9.47 Å². The van der Waals surface area contributed by atoms with Crippen LogP contribution in [0.25, 0.3) is 0 Å². The van der Waals surface area contributed by atoms with Gasteiger partial charge >= 0.3 is 0 Å². The maximum absolute atomic E-state index is 5.73. The van der Waals surface area contributed by atoms with Crippen molar-refractivity contribution in [2.75, 3.05) is 19.8 Å². The van der Waals surface area contributed by atoms with Crippen LogP contribution in [-0.4, -0.2) is 19.8 Å². The van der Waals surface area contributed by atoms with Crippen LogP contribution in [-0.2, 0) is 15.1 Å². The van der Waals surface area contributed by atoms with Gasteiger partial charge in [-0.1, -0.05) is 30.3 Å². The largest absolute Gasteiger partial charge is 0.375 e. The zero-order chi connectivity index (χ0) is 9.15. The minimum absolute atomic E-state index is 0.157. The standard InChI is InChI=1S/C11H14O2/c1-2-13-11(8-12-9-11)10-6-4-3-5-7-10/h3-7H,2,8-9H2,1H3. The van der Waals surface area contributed by atoms with Crippen LogP contribution in [0.5, 0.6) is 0 Å². The van der Waals surface area contributed by atoms with Gasteiger partial charge in [-0.25, -0.2) is 0 Å². The van der Waals surface area contributed by atoms with Gasteiger partial charge in [-0.15, -0.1) is 0 Å². The normalized spacial score (nSPS) is 19.5. The van der Waals surface area contributed by atoms with Gasteiger partial charge in [-0.2, -0.15) is 0 Å². The monoisotopic (exact) mass is 178 g/mol. The molecule has 0 amide bonds. The Labute approximate surface area is 78.5 Å². The summed E-state index contributed by atoms with van der Waals surface area (Å²) in [4.78, 5) is 0. The lowest BCUT2D eigenvalue weighted by molar-refractivity contribution is -0.214. The Morgan fingerprint density at radius 1 is 1.31 bits per heavy atom. The highest BCUT2D eigenvalue weighted by molar-refractivity contribution is 5.24. The van der Waals surface area contributed by atoms with E-state index in [0.29, 0.717) is 13.2 Å². The van der Waals surface area contributed by atoms with E-state index in [-0.39, 0.29) is 5.60 Å². The second kappa shape index (κ2) is 3.48. The molecule has 1 heterocycles. The van der Waals surface area contributed by atoms with Crippen molar-refractivity contribution in [3.8, 4) is 0 Å². The molecule has 1 aromatic rings. The number of hydrogen-bond donors (Lipinski definition) is 0. The fourth-order valence-corrected chi connectivity index (χ4v) is 1.64. The molecule has 1 aromatic carbocycles. The van der Waals surface area contributed by atoms with Crippen LogP contribution in [0, 0.1) is 0 Å². The first-order chi connectivity index (χ1) is 6.37. The van der Waals surface area contributed by atoms with Gasteiger partial charge in [0.1, 0.15) is 5.60 Å². The summed E-state index contributed by atoms with van der Waals surface area (Å²) < 4.78 is 10.9. The quantitative estimate of drug-likeness (QED) is 0.704. The molecule has 1 aliphatic rings. The van der Waals surface area contributed by atoms with Crippen LogP contribution >= 0.6 is 0 Å². The first kappa shape index (κ1) is 8.73. The molecule has 1 saturated heterocycles. The second-order valence-electron chi connectivity index (χ2n) is 3.29. The first-order valence-corrected chi connectivity index (χ1v) is 4.65. The summed E-state index contributed by atoms with van der Waals surface area (Å²) in [5.41, 5.74) is 1.07. The Kier molecular flexibility index (Phi) is 2.34. The molecular formula is C11H14O2. The lowest BCUT2D eigenvalue weighted by Crippen LogP contribution is -2.48. The predicted molar refractivity (Wildman–Crippen MR) is 50.6 cm³/mol. The Balaban J connectivity index is 2.22. The first-order valence-electron chi connectivity index (χ1n) is 4.65. The molecule has 0 radical (unpaired) electrons. The topological polar surface area (TPSA) is 18.5 Å². The van der Waals surface area contributed by atoms with Crippen LogP contribution in [0.4, 0.5) is 0 Å². The van der Waals surface area contributed by atoms with Crippen molar-refractivity contribution in [2.45, 2.75) is 12.5 Å². The minimum atomic E-state index is -0.157. The van der Waals surface area contributed by atoms with Crippen LogP contribution in [0.1, 0.15) is 12.5 Å². The molecule has 0 spiro atoms. The highest BCUT2D eigenvalue weighted by atomic mass is 16.6. The molecule has 2 heteroatoms. The lowest BCUT2D eigenvalue weighted by atomic mass is 9.92. The maximum atomic E-state index is 5.73. The van der Waals surface area contributed by atoms with Gasteiger partial charge in [-0.3, -0.25) is 0 Å². The maximum Gasteiger partial charge on any atom is 0.139 e. The third-order valence-electron chi connectivity index (χ3n) is 2.39. The number of rotatable bonds is 3. The predicted octanol–water partition coefficient (Wildman–Crippen LogP) is 1.95. The summed E-state index contributed by atoms with van der Waals surface area (Å²) >= 11 is 0. The summed E-state index contributed by atoms with van der Waals surface area (Å²) in [6.07, 6.45) is 0. The van der Waals surface area contributed by atoms with Gasteiger partial charge in [0.2, 0.25) is 0 Å². The zero-order valence-corrected chi connectivity index (χ0v) is 7.82. The van der Waals surface area contributed by atoms with Gasteiger partial charge in [-0.05, 0) is 12.5 Å². The van der Waals surface area contributed by atoms with E-state index in [2.05, 4.69) is 12.1 Å². The van der Waals surface area contributed by atoms with Crippen molar-refractivity contribution in [1.29, 1.82) is 0 Å². The molecule has 0 atom stereocenters. The lowest BCUT2D eigenvalue weighted by Gasteiger charge is -2.41. The molecule has 0 saturated carbocycles.